The van der Waals surface area contributed by atoms with Crippen LogP contribution < -0.4 is 0 Å². The van der Waals surface area contributed by atoms with Crippen LogP contribution in [0.4, 0.5) is 0 Å². The summed E-state index contributed by atoms with van der Waals surface area (Å²) in [6.07, 6.45) is 1.57. The lowest BCUT2D eigenvalue weighted by Crippen LogP contribution is -2.20. The van der Waals surface area contributed by atoms with Gasteiger partial charge in [-0.3, -0.25) is 0 Å². The predicted octanol–water partition coefficient (Wildman–Crippen LogP) is 1.89. The molecule has 0 bridgehead atoms. The molecule has 0 fully saturated rings. The average Bonchev–Trinajstić information content (AvgIpc) is 2.40. The Morgan fingerprint density at radius 1 is 1.37 bits per heavy atom. The van der Waals surface area contributed by atoms with Crippen molar-refractivity contribution in [2.45, 2.75) is 19.4 Å². The zero-order valence-corrected chi connectivity index (χ0v) is 11.9. The Morgan fingerprint density at radius 2 is 2.21 bits per heavy atom. The fourth-order valence-corrected chi connectivity index (χ4v) is 1.84. The predicted molar refractivity (Wildman–Crippen MR) is 77.8 cm³/mol. The molecule has 0 aliphatic carbocycles. The number of aliphatic hydroxyl groups excluding tert-OH is 1. The summed E-state index contributed by atoms with van der Waals surface area (Å²) in [5.74, 6) is 6.01. The summed E-state index contributed by atoms with van der Waals surface area (Å²) in [5, 5.41) is 8.70. The topological polar surface area (TPSA) is 32.7 Å². The van der Waals surface area contributed by atoms with E-state index in [1.165, 1.54) is 5.56 Å². The van der Waals surface area contributed by atoms with Gasteiger partial charge in [-0.1, -0.05) is 24.0 Å². The molecule has 0 atom stereocenters. The minimum atomic E-state index is 0.120. The molecule has 0 saturated carbocycles. The number of ether oxygens (including phenoxy) is 1. The summed E-state index contributed by atoms with van der Waals surface area (Å²) in [7, 11) is 3.84. The number of nitrogens with zero attached hydrogens (tertiary/aromatic N) is 1. The molecular formula is C16H23NO2. The van der Waals surface area contributed by atoms with Crippen LogP contribution in [0, 0.1) is 11.8 Å². The van der Waals surface area contributed by atoms with Crippen molar-refractivity contribution in [3.8, 4) is 11.8 Å². The highest BCUT2D eigenvalue weighted by Crippen LogP contribution is 2.07. The fourth-order valence-electron chi connectivity index (χ4n) is 1.84. The molecule has 0 aliphatic heterocycles. The van der Waals surface area contributed by atoms with Crippen molar-refractivity contribution < 1.29 is 9.84 Å². The number of hydrogen-bond donors (Lipinski definition) is 1. The second-order valence-electron chi connectivity index (χ2n) is 4.56. The van der Waals surface area contributed by atoms with Crippen molar-refractivity contribution in [2.24, 2.45) is 0 Å². The molecule has 1 aromatic rings. The highest BCUT2D eigenvalue weighted by molar-refractivity contribution is 5.37. The van der Waals surface area contributed by atoms with Crippen LogP contribution >= 0.6 is 0 Å². The monoisotopic (exact) mass is 261 g/mol. The minimum absolute atomic E-state index is 0.120. The maximum atomic E-state index is 8.70. The second-order valence-corrected chi connectivity index (χ2v) is 4.56. The van der Waals surface area contributed by atoms with Crippen molar-refractivity contribution in [3.05, 3.63) is 35.4 Å². The minimum Gasteiger partial charge on any atom is -0.395 e. The van der Waals surface area contributed by atoms with Gasteiger partial charge in [0.2, 0.25) is 0 Å². The number of rotatable bonds is 7. The van der Waals surface area contributed by atoms with E-state index in [4.69, 9.17) is 9.84 Å². The highest BCUT2D eigenvalue weighted by Gasteiger charge is 2.00. The first-order valence-electron chi connectivity index (χ1n) is 6.62. The van der Waals surface area contributed by atoms with Crippen LogP contribution in [-0.2, 0) is 11.3 Å². The number of methoxy groups -OCH3 is 1. The Hall–Kier alpha value is -1.34. The Bertz CT molecular complexity index is 420. The van der Waals surface area contributed by atoms with Crippen molar-refractivity contribution in [3.63, 3.8) is 0 Å². The van der Waals surface area contributed by atoms with Crippen molar-refractivity contribution >= 4 is 0 Å². The lowest BCUT2D eigenvalue weighted by molar-refractivity contribution is 0.178. The average molecular weight is 261 g/mol. The number of benzene rings is 1. The van der Waals surface area contributed by atoms with E-state index in [-0.39, 0.29) is 6.61 Å². The van der Waals surface area contributed by atoms with Crippen LogP contribution in [0.15, 0.2) is 24.3 Å². The van der Waals surface area contributed by atoms with Crippen LogP contribution in [0.25, 0.3) is 0 Å². The summed E-state index contributed by atoms with van der Waals surface area (Å²) in [4.78, 5) is 2.28. The van der Waals surface area contributed by atoms with Crippen molar-refractivity contribution in [1.29, 1.82) is 0 Å². The number of hydrogen-bond acceptors (Lipinski definition) is 3. The van der Waals surface area contributed by atoms with Crippen LogP contribution in [0.1, 0.15) is 24.0 Å². The molecular weight excluding hydrogens is 238 g/mol. The SMILES string of the molecule is COCCCN(C)Cc1cccc(C#CCCO)c1. The Morgan fingerprint density at radius 3 is 2.95 bits per heavy atom. The van der Waals surface area contributed by atoms with Gasteiger partial charge in [0.1, 0.15) is 0 Å². The van der Waals surface area contributed by atoms with Crippen molar-refractivity contribution in [1.82, 2.24) is 4.90 Å². The van der Waals surface area contributed by atoms with E-state index in [0.717, 1.165) is 31.7 Å². The molecule has 1 N–H and O–H groups in total. The van der Waals surface area contributed by atoms with E-state index < -0.39 is 0 Å². The van der Waals surface area contributed by atoms with Gasteiger partial charge in [-0.2, -0.15) is 0 Å². The Labute approximate surface area is 116 Å². The molecule has 0 aromatic heterocycles. The van der Waals surface area contributed by atoms with Gasteiger partial charge in [0.15, 0.2) is 0 Å². The number of aliphatic hydroxyl groups is 1. The molecule has 0 aliphatic rings. The summed E-state index contributed by atoms with van der Waals surface area (Å²) >= 11 is 0. The highest BCUT2D eigenvalue weighted by atomic mass is 16.5. The lowest BCUT2D eigenvalue weighted by atomic mass is 10.1. The largest absolute Gasteiger partial charge is 0.395 e. The smallest absolute Gasteiger partial charge is 0.0540 e. The van der Waals surface area contributed by atoms with Crippen LogP contribution in [0.3, 0.4) is 0 Å². The molecule has 0 radical (unpaired) electrons. The molecule has 3 heteroatoms. The lowest BCUT2D eigenvalue weighted by Gasteiger charge is -2.16. The molecule has 3 nitrogen and oxygen atoms in total. The summed E-state index contributed by atoms with van der Waals surface area (Å²) < 4.78 is 5.05. The van der Waals surface area contributed by atoms with Gasteiger partial charge in [0, 0.05) is 38.8 Å². The van der Waals surface area contributed by atoms with Gasteiger partial charge in [0.25, 0.3) is 0 Å². The van der Waals surface area contributed by atoms with E-state index in [2.05, 4.69) is 35.9 Å². The second kappa shape index (κ2) is 9.57. The molecule has 0 saturated heterocycles. The fraction of sp³-hybridized carbons (Fsp3) is 0.500. The molecule has 1 rings (SSSR count). The molecule has 0 spiro atoms. The third kappa shape index (κ3) is 6.97. The van der Waals surface area contributed by atoms with Gasteiger partial charge in [-0.25, -0.2) is 0 Å². The van der Waals surface area contributed by atoms with Crippen LogP contribution in [0.5, 0.6) is 0 Å². The van der Waals surface area contributed by atoms with E-state index in [0.29, 0.717) is 6.42 Å². The van der Waals surface area contributed by atoms with E-state index in [1.807, 2.05) is 12.1 Å². The molecule has 0 amide bonds. The maximum absolute atomic E-state index is 8.70. The zero-order chi connectivity index (χ0) is 13.9. The molecule has 104 valence electrons. The summed E-state index contributed by atoms with van der Waals surface area (Å²) in [6, 6.07) is 8.25. The molecule has 1 aromatic carbocycles. The van der Waals surface area contributed by atoms with Gasteiger partial charge in [-0.05, 0) is 31.2 Å². The summed E-state index contributed by atoms with van der Waals surface area (Å²) in [5.41, 5.74) is 2.27. The van der Waals surface area contributed by atoms with Gasteiger partial charge in [0.05, 0.1) is 6.61 Å². The molecule has 0 unspecified atom stereocenters. The quantitative estimate of drug-likeness (QED) is 0.601. The first-order valence-corrected chi connectivity index (χ1v) is 6.62. The van der Waals surface area contributed by atoms with Crippen LogP contribution in [-0.4, -0.2) is 43.9 Å². The van der Waals surface area contributed by atoms with E-state index in [1.54, 1.807) is 7.11 Å². The van der Waals surface area contributed by atoms with Gasteiger partial charge >= 0.3 is 0 Å². The maximum Gasteiger partial charge on any atom is 0.0540 e. The van der Waals surface area contributed by atoms with Gasteiger partial charge < -0.3 is 14.7 Å². The Kier molecular flexibility index (Phi) is 7.92. The third-order valence-electron chi connectivity index (χ3n) is 2.74. The first-order chi connectivity index (χ1) is 9.26. The molecule has 0 heterocycles. The van der Waals surface area contributed by atoms with Gasteiger partial charge in [-0.15, -0.1) is 0 Å². The van der Waals surface area contributed by atoms with E-state index in [9.17, 15) is 0 Å². The van der Waals surface area contributed by atoms with E-state index >= 15 is 0 Å². The van der Waals surface area contributed by atoms with Crippen molar-refractivity contribution in [2.75, 3.05) is 33.9 Å². The first kappa shape index (κ1) is 15.7. The molecule has 19 heavy (non-hydrogen) atoms. The summed E-state index contributed by atoms with van der Waals surface area (Å²) in [6.45, 7) is 2.86. The third-order valence-corrected chi connectivity index (χ3v) is 2.74. The Balaban J connectivity index is 2.50. The normalized spacial score (nSPS) is 10.3. The standard InChI is InChI=1S/C16H23NO2/c1-17(10-6-12-19-2)14-16-9-5-8-15(13-16)7-3-4-11-18/h5,8-9,13,18H,4,6,10-12,14H2,1-2H3. The zero-order valence-electron chi connectivity index (χ0n) is 11.9. The van der Waals surface area contributed by atoms with Crippen LogP contribution in [0.2, 0.25) is 0 Å².